The number of β-lactam (4-membered cyclic amide) rings is 1. The van der Waals surface area contributed by atoms with Gasteiger partial charge >= 0.3 is 5.97 Å². The Kier molecular flexibility index (Phi) is 3.71. The smallest absolute Gasteiger partial charge is 0.329 e. The van der Waals surface area contributed by atoms with E-state index in [4.69, 9.17) is 4.74 Å². The number of rotatable bonds is 4. The third-order valence-corrected chi connectivity index (χ3v) is 5.09. The van der Waals surface area contributed by atoms with E-state index in [9.17, 15) is 14.4 Å². The number of thioether (sulfide) groups is 1. The number of carbonyl (C=O) groups is 3. The molecule has 21 heavy (non-hydrogen) atoms. The van der Waals surface area contributed by atoms with E-state index in [1.54, 1.807) is 31.2 Å². The van der Waals surface area contributed by atoms with Crippen molar-refractivity contribution in [2.75, 3.05) is 12.4 Å². The Morgan fingerprint density at radius 3 is 2.71 bits per heavy atom. The van der Waals surface area contributed by atoms with Crippen LogP contribution in [0.3, 0.4) is 0 Å². The van der Waals surface area contributed by atoms with Crippen molar-refractivity contribution < 1.29 is 19.1 Å². The van der Waals surface area contributed by atoms with Gasteiger partial charge in [0.15, 0.2) is 5.78 Å². The van der Waals surface area contributed by atoms with Gasteiger partial charge in [-0.25, -0.2) is 4.79 Å². The van der Waals surface area contributed by atoms with Gasteiger partial charge in [-0.2, -0.15) is 0 Å². The zero-order chi connectivity index (χ0) is 15.0. The van der Waals surface area contributed by atoms with E-state index in [2.05, 4.69) is 0 Å². The summed E-state index contributed by atoms with van der Waals surface area (Å²) in [7, 11) is 0. The molecule has 1 amide bonds. The fourth-order valence-electron chi connectivity index (χ4n) is 2.71. The second-order valence-electron chi connectivity index (χ2n) is 4.95. The number of ketones is 1. The van der Waals surface area contributed by atoms with Crippen LogP contribution in [0.4, 0.5) is 0 Å². The van der Waals surface area contributed by atoms with Crippen LogP contribution in [0.2, 0.25) is 0 Å². The molecular weight excluding hydrogens is 290 g/mol. The highest BCUT2D eigenvalue weighted by atomic mass is 32.2. The molecule has 3 unspecified atom stereocenters. The Morgan fingerprint density at radius 1 is 1.33 bits per heavy atom. The summed E-state index contributed by atoms with van der Waals surface area (Å²) < 4.78 is 4.98. The van der Waals surface area contributed by atoms with Gasteiger partial charge in [0.05, 0.1) is 12.0 Å². The predicted octanol–water partition coefficient (Wildman–Crippen LogP) is 1.33. The van der Waals surface area contributed by atoms with Gasteiger partial charge in [-0.3, -0.25) is 9.59 Å². The van der Waals surface area contributed by atoms with Gasteiger partial charge in [0.25, 0.3) is 0 Å². The number of amides is 1. The van der Waals surface area contributed by atoms with E-state index < -0.39 is 12.0 Å². The van der Waals surface area contributed by atoms with Crippen LogP contribution in [0.1, 0.15) is 17.3 Å². The summed E-state index contributed by atoms with van der Waals surface area (Å²) in [5, 5.41) is -0.236. The lowest BCUT2D eigenvalue weighted by Crippen LogP contribution is -2.63. The van der Waals surface area contributed by atoms with E-state index in [-0.39, 0.29) is 23.0 Å². The number of Topliss-reactive ketones (excluding diaryl/α,β-unsaturated/α-hetero) is 1. The number of carbonyl (C=O) groups excluding carboxylic acids is 3. The molecule has 1 aromatic rings. The van der Waals surface area contributed by atoms with E-state index in [0.29, 0.717) is 17.9 Å². The molecule has 0 N–H and O–H groups in total. The van der Waals surface area contributed by atoms with Crippen LogP contribution in [0.25, 0.3) is 0 Å². The Balaban J connectivity index is 1.74. The zero-order valence-corrected chi connectivity index (χ0v) is 12.3. The number of ether oxygens (including phenoxy) is 1. The average molecular weight is 305 g/mol. The summed E-state index contributed by atoms with van der Waals surface area (Å²) in [6, 6.07) is 8.25. The molecule has 6 heteroatoms. The number of benzene rings is 1. The predicted molar refractivity (Wildman–Crippen MR) is 77.8 cm³/mol. The summed E-state index contributed by atoms with van der Waals surface area (Å²) in [4.78, 5) is 38.0. The van der Waals surface area contributed by atoms with Gasteiger partial charge in [-0.15, -0.1) is 11.8 Å². The van der Waals surface area contributed by atoms with Crippen LogP contribution in [-0.2, 0) is 14.3 Å². The minimum atomic E-state index is -0.670. The molecule has 2 heterocycles. The van der Waals surface area contributed by atoms with E-state index in [1.807, 2.05) is 6.07 Å². The van der Waals surface area contributed by atoms with Gasteiger partial charge in [0.2, 0.25) is 5.91 Å². The normalized spacial score (nSPS) is 27.0. The molecule has 2 saturated heterocycles. The van der Waals surface area contributed by atoms with Crippen molar-refractivity contribution in [1.82, 2.24) is 4.90 Å². The van der Waals surface area contributed by atoms with Crippen molar-refractivity contribution in [1.29, 1.82) is 0 Å². The molecule has 2 aliphatic heterocycles. The standard InChI is InChI=1S/C15H15NO4S/c1-2-20-15(19)10-8-21-14-11(13(18)16(10)14)12(17)9-6-4-3-5-7-9/h3-7,10-11,14H,2,8H2,1H3. The van der Waals surface area contributed by atoms with Crippen molar-refractivity contribution in [2.45, 2.75) is 18.3 Å². The number of nitrogens with zero attached hydrogens (tertiary/aromatic N) is 1. The monoisotopic (exact) mass is 305 g/mol. The first-order valence-electron chi connectivity index (χ1n) is 6.84. The Morgan fingerprint density at radius 2 is 2.05 bits per heavy atom. The number of hydrogen-bond donors (Lipinski definition) is 0. The maximum Gasteiger partial charge on any atom is 0.329 e. The third kappa shape index (κ3) is 2.23. The molecule has 3 rings (SSSR count). The molecule has 3 atom stereocenters. The summed E-state index contributed by atoms with van der Waals surface area (Å²) >= 11 is 1.47. The lowest BCUT2D eigenvalue weighted by molar-refractivity contribution is -0.162. The summed E-state index contributed by atoms with van der Waals surface area (Å²) in [5.41, 5.74) is 0.538. The van der Waals surface area contributed by atoms with Crippen molar-refractivity contribution >= 4 is 29.4 Å². The highest BCUT2D eigenvalue weighted by molar-refractivity contribution is 8.00. The van der Waals surface area contributed by atoms with Gasteiger partial charge in [0, 0.05) is 11.3 Å². The Labute approximate surface area is 126 Å². The molecule has 2 fully saturated rings. The van der Waals surface area contributed by atoms with Crippen molar-refractivity contribution in [2.24, 2.45) is 5.92 Å². The molecule has 110 valence electrons. The van der Waals surface area contributed by atoms with Crippen LogP contribution in [0.15, 0.2) is 30.3 Å². The molecule has 5 nitrogen and oxygen atoms in total. The summed E-state index contributed by atoms with van der Waals surface area (Å²) in [6.07, 6.45) is 0. The van der Waals surface area contributed by atoms with Crippen LogP contribution in [0, 0.1) is 5.92 Å². The van der Waals surface area contributed by atoms with Crippen LogP contribution < -0.4 is 0 Å². The second-order valence-corrected chi connectivity index (χ2v) is 6.09. The van der Waals surface area contributed by atoms with Crippen molar-refractivity contribution in [3.8, 4) is 0 Å². The van der Waals surface area contributed by atoms with E-state index in [1.165, 1.54) is 16.7 Å². The fraction of sp³-hybridized carbons (Fsp3) is 0.400. The molecule has 0 aromatic heterocycles. The van der Waals surface area contributed by atoms with Gasteiger partial charge < -0.3 is 9.64 Å². The maximum atomic E-state index is 12.4. The molecule has 0 bridgehead atoms. The molecule has 0 spiro atoms. The Bertz CT molecular complexity index is 589. The first kappa shape index (κ1) is 14.1. The third-order valence-electron chi connectivity index (χ3n) is 3.74. The van der Waals surface area contributed by atoms with Crippen LogP contribution in [-0.4, -0.2) is 46.3 Å². The lowest BCUT2D eigenvalue weighted by Gasteiger charge is -2.42. The van der Waals surface area contributed by atoms with Crippen LogP contribution in [0.5, 0.6) is 0 Å². The summed E-state index contributed by atoms with van der Waals surface area (Å²) in [5.74, 6) is -0.993. The molecule has 0 radical (unpaired) electrons. The van der Waals surface area contributed by atoms with Crippen molar-refractivity contribution in [3.63, 3.8) is 0 Å². The molecular formula is C15H15NO4S. The number of esters is 1. The van der Waals surface area contributed by atoms with Gasteiger partial charge in [0.1, 0.15) is 12.0 Å². The van der Waals surface area contributed by atoms with Gasteiger partial charge in [-0.05, 0) is 6.92 Å². The quantitative estimate of drug-likeness (QED) is 0.363. The molecule has 0 aliphatic carbocycles. The van der Waals surface area contributed by atoms with Crippen molar-refractivity contribution in [3.05, 3.63) is 35.9 Å². The van der Waals surface area contributed by atoms with Gasteiger partial charge in [-0.1, -0.05) is 30.3 Å². The minimum absolute atomic E-state index is 0.168. The highest BCUT2D eigenvalue weighted by Crippen LogP contribution is 2.45. The average Bonchev–Trinajstić information content (AvgIpc) is 2.88. The first-order chi connectivity index (χ1) is 10.1. The highest BCUT2D eigenvalue weighted by Gasteiger charge is 2.59. The SMILES string of the molecule is CCOC(=O)C1CSC2C(C(=O)c3ccccc3)C(=O)N12. The Hall–Kier alpha value is -1.82. The maximum absolute atomic E-state index is 12.4. The zero-order valence-electron chi connectivity index (χ0n) is 11.5. The van der Waals surface area contributed by atoms with Crippen LogP contribution >= 0.6 is 11.8 Å². The number of fused-ring (bicyclic) bond motifs is 1. The topological polar surface area (TPSA) is 63.7 Å². The fourth-order valence-corrected chi connectivity index (χ4v) is 4.23. The second kappa shape index (κ2) is 5.52. The lowest BCUT2D eigenvalue weighted by atomic mass is 9.88. The largest absolute Gasteiger partial charge is 0.464 e. The summed E-state index contributed by atoms with van der Waals surface area (Å²) in [6.45, 7) is 2.02. The molecule has 2 aliphatic rings. The van der Waals surface area contributed by atoms with E-state index in [0.717, 1.165) is 0 Å². The first-order valence-corrected chi connectivity index (χ1v) is 7.89. The van der Waals surface area contributed by atoms with E-state index >= 15 is 0 Å². The molecule has 1 aromatic carbocycles. The molecule has 0 saturated carbocycles. The number of hydrogen-bond acceptors (Lipinski definition) is 5. The minimum Gasteiger partial charge on any atom is -0.464 e.